The molecule has 27 heavy (non-hydrogen) atoms. The normalized spacial score (nSPS) is 14.7. The summed E-state index contributed by atoms with van der Waals surface area (Å²) in [6, 6.07) is 11.9. The molecule has 4 aromatic rings. The lowest BCUT2D eigenvalue weighted by Gasteiger charge is -2.44. The van der Waals surface area contributed by atoms with Crippen LogP contribution in [0.4, 0.5) is 5.82 Å². The van der Waals surface area contributed by atoms with Crippen molar-refractivity contribution in [2.24, 2.45) is 0 Å². The summed E-state index contributed by atoms with van der Waals surface area (Å²) in [6.07, 6.45) is 3.83. The number of hydrogen-bond donors (Lipinski definition) is 0. The third kappa shape index (κ3) is 2.52. The highest BCUT2D eigenvalue weighted by Crippen LogP contribution is 2.23. The lowest BCUT2D eigenvalue weighted by atomic mass is 10.1. The van der Waals surface area contributed by atoms with Crippen LogP contribution in [0, 0.1) is 6.92 Å². The van der Waals surface area contributed by atoms with E-state index in [1.165, 1.54) is 0 Å². The Kier molecular flexibility index (Phi) is 3.40. The number of carbonyl (C=O) groups excluding carboxylic acids is 1. The van der Waals surface area contributed by atoms with E-state index in [0.29, 0.717) is 5.56 Å². The Morgan fingerprint density at radius 1 is 1.19 bits per heavy atom. The highest BCUT2D eigenvalue weighted by Gasteiger charge is 2.34. The molecule has 0 aliphatic carbocycles. The molecule has 136 valence electrons. The molecule has 8 nitrogen and oxygen atoms in total. The van der Waals surface area contributed by atoms with Gasteiger partial charge in [0.25, 0.3) is 5.91 Å². The number of carbonyl (C=O) groups is 1. The summed E-state index contributed by atoms with van der Waals surface area (Å²) in [5.41, 5.74) is 2.47. The Labute approximate surface area is 155 Å². The number of amides is 1. The van der Waals surface area contributed by atoms with Crippen LogP contribution in [0.2, 0.25) is 0 Å². The Morgan fingerprint density at radius 3 is 2.85 bits per heavy atom. The zero-order valence-electron chi connectivity index (χ0n) is 15.1. The van der Waals surface area contributed by atoms with Gasteiger partial charge in [0.1, 0.15) is 5.82 Å². The first kappa shape index (κ1) is 15.8. The zero-order valence-corrected chi connectivity index (χ0v) is 15.1. The van der Waals surface area contributed by atoms with Crippen LogP contribution in [0.5, 0.6) is 0 Å². The maximum atomic E-state index is 12.8. The summed E-state index contributed by atoms with van der Waals surface area (Å²) in [4.78, 5) is 16.8. The number of anilines is 1. The predicted molar refractivity (Wildman–Crippen MR) is 101 cm³/mol. The average molecular weight is 361 g/mol. The first-order valence-electron chi connectivity index (χ1n) is 8.88. The molecule has 1 amide bonds. The van der Waals surface area contributed by atoms with Crippen molar-refractivity contribution in [1.82, 2.24) is 29.1 Å². The van der Waals surface area contributed by atoms with Gasteiger partial charge in [0, 0.05) is 38.0 Å². The highest BCUT2D eigenvalue weighted by molar-refractivity contribution is 5.95. The molecule has 1 fully saturated rings. The van der Waals surface area contributed by atoms with Gasteiger partial charge in [0.15, 0.2) is 11.5 Å². The molecule has 1 aliphatic heterocycles. The number of rotatable bonds is 3. The average Bonchev–Trinajstić information content (AvgIpc) is 3.23. The van der Waals surface area contributed by atoms with Crippen molar-refractivity contribution in [3.05, 3.63) is 60.2 Å². The fraction of sp³-hybridized carbons (Fsp3) is 0.263. The van der Waals surface area contributed by atoms with E-state index in [4.69, 9.17) is 0 Å². The molecule has 0 aromatic carbocycles. The number of pyridine rings is 1. The van der Waals surface area contributed by atoms with Crippen molar-refractivity contribution >= 4 is 22.9 Å². The van der Waals surface area contributed by atoms with Gasteiger partial charge in [0.05, 0.1) is 11.6 Å². The Bertz CT molecular complexity index is 1120. The third-order valence-corrected chi connectivity index (χ3v) is 5.21. The SMILES string of the molecule is Cc1nnc2ccc(N3CC(N(C)C(=O)c4cc5ccccn5c4)C3)nn12. The van der Waals surface area contributed by atoms with Crippen molar-refractivity contribution in [1.29, 1.82) is 0 Å². The standard InChI is InChI=1S/C19H19N7O/c1-13-20-21-17-6-7-18(22-26(13)17)25-11-16(12-25)23(2)19(27)14-9-15-5-3-4-8-24(15)10-14/h3-10,16H,11-12H2,1-2H3. The summed E-state index contributed by atoms with van der Waals surface area (Å²) in [5, 5.41) is 12.7. The maximum absolute atomic E-state index is 12.8. The van der Waals surface area contributed by atoms with Crippen molar-refractivity contribution in [3.63, 3.8) is 0 Å². The molecule has 0 saturated carbocycles. The van der Waals surface area contributed by atoms with Crippen LogP contribution >= 0.6 is 0 Å². The van der Waals surface area contributed by atoms with E-state index < -0.39 is 0 Å². The van der Waals surface area contributed by atoms with Gasteiger partial charge < -0.3 is 14.2 Å². The Hall–Kier alpha value is -3.42. The van der Waals surface area contributed by atoms with Gasteiger partial charge in [-0.1, -0.05) is 6.07 Å². The highest BCUT2D eigenvalue weighted by atomic mass is 16.2. The third-order valence-electron chi connectivity index (χ3n) is 5.21. The van der Waals surface area contributed by atoms with Crippen LogP contribution in [-0.4, -0.2) is 61.2 Å². The topological polar surface area (TPSA) is 71.0 Å². The Balaban J connectivity index is 1.30. The first-order valence-corrected chi connectivity index (χ1v) is 8.88. The van der Waals surface area contributed by atoms with Gasteiger partial charge >= 0.3 is 0 Å². The molecule has 0 spiro atoms. The van der Waals surface area contributed by atoms with E-state index in [1.807, 2.05) is 72.1 Å². The summed E-state index contributed by atoms with van der Waals surface area (Å²) in [6.45, 7) is 3.40. The van der Waals surface area contributed by atoms with Crippen molar-refractivity contribution in [3.8, 4) is 0 Å². The van der Waals surface area contributed by atoms with Crippen LogP contribution < -0.4 is 4.90 Å². The summed E-state index contributed by atoms with van der Waals surface area (Å²) < 4.78 is 3.71. The molecule has 0 unspecified atom stereocenters. The smallest absolute Gasteiger partial charge is 0.255 e. The second-order valence-electron chi connectivity index (χ2n) is 6.95. The molecule has 0 atom stereocenters. The molecule has 5 rings (SSSR count). The molecular weight excluding hydrogens is 342 g/mol. The number of aromatic nitrogens is 5. The van der Waals surface area contributed by atoms with Crippen LogP contribution in [0.15, 0.2) is 48.8 Å². The second kappa shape index (κ2) is 5.80. The molecule has 4 aromatic heterocycles. The molecule has 0 N–H and O–H groups in total. The molecule has 1 saturated heterocycles. The second-order valence-corrected chi connectivity index (χ2v) is 6.95. The minimum atomic E-state index is 0.0430. The van der Waals surface area contributed by atoms with E-state index in [9.17, 15) is 4.79 Å². The molecule has 0 bridgehead atoms. The largest absolute Gasteiger partial charge is 0.351 e. The van der Waals surface area contributed by atoms with Crippen molar-refractivity contribution in [2.45, 2.75) is 13.0 Å². The van der Waals surface area contributed by atoms with E-state index in [1.54, 1.807) is 4.52 Å². The number of hydrogen-bond acceptors (Lipinski definition) is 5. The van der Waals surface area contributed by atoms with Crippen molar-refractivity contribution < 1.29 is 4.79 Å². The minimum absolute atomic E-state index is 0.0430. The van der Waals surface area contributed by atoms with Gasteiger partial charge in [-0.2, -0.15) is 4.52 Å². The lowest BCUT2D eigenvalue weighted by molar-refractivity contribution is 0.0705. The first-order chi connectivity index (χ1) is 13.1. The van der Waals surface area contributed by atoms with E-state index in [-0.39, 0.29) is 11.9 Å². The predicted octanol–water partition coefficient (Wildman–Crippen LogP) is 1.65. The number of likely N-dealkylation sites (N-methyl/N-ethyl adjacent to an activating group) is 1. The van der Waals surface area contributed by atoms with Crippen LogP contribution in [0.25, 0.3) is 11.2 Å². The lowest BCUT2D eigenvalue weighted by Crippen LogP contribution is -2.60. The van der Waals surface area contributed by atoms with Gasteiger partial charge in [-0.05, 0) is 37.3 Å². The summed E-state index contributed by atoms with van der Waals surface area (Å²) >= 11 is 0. The maximum Gasteiger partial charge on any atom is 0.255 e. The number of fused-ring (bicyclic) bond motifs is 2. The van der Waals surface area contributed by atoms with E-state index >= 15 is 0 Å². The fourth-order valence-corrected chi connectivity index (χ4v) is 3.48. The quantitative estimate of drug-likeness (QED) is 0.555. The molecule has 1 aliphatic rings. The number of aryl methyl sites for hydroxylation is 1. The fourth-order valence-electron chi connectivity index (χ4n) is 3.48. The van der Waals surface area contributed by atoms with E-state index in [2.05, 4.69) is 20.2 Å². The molecule has 5 heterocycles. The Morgan fingerprint density at radius 2 is 2.04 bits per heavy atom. The molecular formula is C19H19N7O. The summed E-state index contributed by atoms with van der Waals surface area (Å²) in [5.74, 6) is 1.68. The van der Waals surface area contributed by atoms with Crippen molar-refractivity contribution in [2.75, 3.05) is 25.0 Å². The molecule has 0 radical (unpaired) electrons. The van der Waals surface area contributed by atoms with Gasteiger partial charge in [-0.25, -0.2) is 0 Å². The van der Waals surface area contributed by atoms with Crippen LogP contribution in [0.3, 0.4) is 0 Å². The summed E-state index contributed by atoms with van der Waals surface area (Å²) in [7, 11) is 1.87. The van der Waals surface area contributed by atoms with Crippen LogP contribution in [-0.2, 0) is 0 Å². The zero-order chi connectivity index (χ0) is 18.5. The van der Waals surface area contributed by atoms with Gasteiger partial charge in [-0.3, -0.25) is 4.79 Å². The van der Waals surface area contributed by atoms with Gasteiger partial charge in [-0.15, -0.1) is 15.3 Å². The molecule has 8 heteroatoms. The monoisotopic (exact) mass is 361 g/mol. The number of nitrogens with zero attached hydrogens (tertiary/aromatic N) is 7. The van der Waals surface area contributed by atoms with Gasteiger partial charge in [0.2, 0.25) is 0 Å². The van der Waals surface area contributed by atoms with Crippen LogP contribution in [0.1, 0.15) is 16.2 Å². The van der Waals surface area contributed by atoms with E-state index in [0.717, 1.165) is 35.9 Å². The minimum Gasteiger partial charge on any atom is -0.351 e.